The number of rotatable bonds is 6. The molecule has 2 heterocycles. The van der Waals surface area contributed by atoms with Gasteiger partial charge in [-0.2, -0.15) is 0 Å². The van der Waals surface area contributed by atoms with Crippen LogP contribution < -0.4 is 4.90 Å². The molecule has 6 nitrogen and oxygen atoms in total. The molecule has 0 aromatic carbocycles. The second-order valence-electron chi connectivity index (χ2n) is 6.63. The lowest BCUT2D eigenvalue weighted by molar-refractivity contribution is 0.0696. The fourth-order valence-corrected chi connectivity index (χ4v) is 3.17. The van der Waals surface area contributed by atoms with Crippen molar-refractivity contribution >= 4 is 11.8 Å². The average molecular weight is 321 g/mol. The summed E-state index contributed by atoms with van der Waals surface area (Å²) in [6.07, 6.45) is 0.692. The highest BCUT2D eigenvalue weighted by molar-refractivity contribution is 5.93. The summed E-state index contributed by atoms with van der Waals surface area (Å²) in [5, 5.41) is 18.8. The predicted octanol–water partition coefficient (Wildman–Crippen LogP) is 1.62. The Morgan fingerprint density at radius 2 is 2.13 bits per heavy atom. The third kappa shape index (κ3) is 4.42. The second kappa shape index (κ2) is 7.75. The van der Waals surface area contributed by atoms with Gasteiger partial charge in [0.05, 0.1) is 0 Å². The first-order valence-electron chi connectivity index (χ1n) is 8.23. The lowest BCUT2D eigenvalue weighted by atomic mass is 10.1. The van der Waals surface area contributed by atoms with Gasteiger partial charge in [0.25, 0.3) is 0 Å². The highest BCUT2D eigenvalue weighted by Crippen LogP contribution is 2.24. The van der Waals surface area contributed by atoms with E-state index < -0.39 is 5.97 Å². The molecule has 2 rings (SSSR count). The third-order valence-electron chi connectivity index (χ3n) is 4.21. The van der Waals surface area contributed by atoms with Gasteiger partial charge < -0.3 is 15.1 Å². The fraction of sp³-hybridized carbons (Fsp3) is 0.647. The number of pyridine rings is 1. The lowest BCUT2D eigenvalue weighted by Crippen LogP contribution is -2.54. The van der Waals surface area contributed by atoms with Crippen molar-refractivity contribution in [3.05, 3.63) is 23.4 Å². The summed E-state index contributed by atoms with van der Waals surface area (Å²) in [6, 6.07) is 3.58. The molecule has 1 aliphatic rings. The molecule has 1 aromatic rings. The number of aliphatic hydroxyl groups is 1. The van der Waals surface area contributed by atoms with Crippen molar-refractivity contribution in [2.24, 2.45) is 5.92 Å². The van der Waals surface area contributed by atoms with Gasteiger partial charge in [-0.05, 0) is 31.4 Å². The topological polar surface area (TPSA) is 76.9 Å². The Balaban J connectivity index is 2.22. The maximum atomic E-state index is 11.5. The average Bonchev–Trinajstić information content (AvgIpc) is 2.48. The van der Waals surface area contributed by atoms with Gasteiger partial charge in [-0.3, -0.25) is 4.90 Å². The highest BCUT2D eigenvalue weighted by Gasteiger charge is 2.29. The first-order chi connectivity index (χ1) is 10.9. The number of aryl methyl sites for hydroxylation is 1. The maximum absolute atomic E-state index is 11.5. The molecule has 1 saturated heterocycles. The molecule has 128 valence electrons. The van der Waals surface area contributed by atoms with Gasteiger partial charge in [0, 0.05) is 44.5 Å². The normalized spacial score (nSPS) is 19.3. The summed E-state index contributed by atoms with van der Waals surface area (Å²) < 4.78 is 0. The Hall–Kier alpha value is -1.66. The van der Waals surface area contributed by atoms with Gasteiger partial charge in [-0.1, -0.05) is 13.8 Å². The number of carboxylic acids is 1. The number of nitrogens with zero attached hydrogens (tertiary/aromatic N) is 3. The molecular formula is C17H27N3O3. The zero-order valence-corrected chi connectivity index (χ0v) is 14.2. The summed E-state index contributed by atoms with van der Waals surface area (Å²) in [5.41, 5.74) is 1.06. The van der Waals surface area contributed by atoms with Gasteiger partial charge in [-0.25, -0.2) is 9.78 Å². The molecule has 0 amide bonds. The molecule has 23 heavy (non-hydrogen) atoms. The molecule has 0 bridgehead atoms. The number of anilines is 1. The maximum Gasteiger partial charge on any atom is 0.339 e. The van der Waals surface area contributed by atoms with E-state index in [0.717, 1.165) is 25.3 Å². The van der Waals surface area contributed by atoms with Crippen LogP contribution >= 0.6 is 0 Å². The number of aromatic nitrogens is 1. The van der Waals surface area contributed by atoms with Crippen molar-refractivity contribution in [2.75, 3.05) is 37.7 Å². The molecule has 0 unspecified atom stereocenters. The van der Waals surface area contributed by atoms with Crippen LogP contribution in [0.5, 0.6) is 0 Å². The quantitative estimate of drug-likeness (QED) is 0.829. The minimum atomic E-state index is -0.948. The number of hydrogen-bond acceptors (Lipinski definition) is 5. The molecule has 0 aliphatic carbocycles. The van der Waals surface area contributed by atoms with Gasteiger partial charge in [0.2, 0.25) is 0 Å². The Bertz CT molecular complexity index is 548. The summed E-state index contributed by atoms with van der Waals surface area (Å²) in [7, 11) is 0. The first kappa shape index (κ1) is 17.7. The zero-order valence-electron chi connectivity index (χ0n) is 14.2. The SMILES string of the molecule is Cc1ccc(C(=O)O)c(N2CCN(CC(C)C)[C@@H](CCO)C2)n1. The van der Waals surface area contributed by atoms with Gasteiger partial charge in [0.15, 0.2) is 0 Å². The van der Waals surface area contributed by atoms with Crippen LogP contribution in [-0.2, 0) is 0 Å². The number of aromatic carboxylic acids is 1. The molecular weight excluding hydrogens is 294 g/mol. The predicted molar refractivity (Wildman–Crippen MR) is 90.0 cm³/mol. The van der Waals surface area contributed by atoms with Crippen LogP contribution in [0.25, 0.3) is 0 Å². The summed E-state index contributed by atoms with van der Waals surface area (Å²) in [6.45, 7) is 9.69. The molecule has 0 spiro atoms. The van der Waals surface area contributed by atoms with E-state index in [4.69, 9.17) is 0 Å². The lowest BCUT2D eigenvalue weighted by Gasteiger charge is -2.43. The van der Waals surface area contributed by atoms with Crippen LogP contribution in [-0.4, -0.2) is 64.9 Å². The van der Waals surface area contributed by atoms with Gasteiger partial charge >= 0.3 is 5.97 Å². The van der Waals surface area contributed by atoms with Crippen molar-refractivity contribution < 1.29 is 15.0 Å². The van der Waals surface area contributed by atoms with Crippen molar-refractivity contribution in [1.82, 2.24) is 9.88 Å². The van der Waals surface area contributed by atoms with Crippen LogP contribution in [0.15, 0.2) is 12.1 Å². The molecule has 6 heteroatoms. The Morgan fingerprint density at radius 3 is 2.74 bits per heavy atom. The number of aliphatic hydroxyl groups excluding tert-OH is 1. The first-order valence-corrected chi connectivity index (χ1v) is 8.23. The smallest absolute Gasteiger partial charge is 0.339 e. The molecule has 1 aliphatic heterocycles. The molecule has 1 aromatic heterocycles. The van der Waals surface area contributed by atoms with E-state index in [9.17, 15) is 15.0 Å². The van der Waals surface area contributed by atoms with Crippen molar-refractivity contribution in [3.8, 4) is 0 Å². The van der Waals surface area contributed by atoms with E-state index in [2.05, 4.69) is 23.7 Å². The van der Waals surface area contributed by atoms with Gasteiger partial charge in [0.1, 0.15) is 11.4 Å². The number of carbonyl (C=O) groups is 1. The Kier molecular flexibility index (Phi) is 5.96. The van der Waals surface area contributed by atoms with Crippen LogP contribution in [0.3, 0.4) is 0 Å². The van der Waals surface area contributed by atoms with Gasteiger partial charge in [-0.15, -0.1) is 0 Å². The number of carboxylic acid groups (broad SMARTS) is 1. The number of hydrogen-bond donors (Lipinski definition) is 2. The summed E-state index contributed by atoms with van der Waals surface area (Å²) in [4.78, 5) is 20.4. The molecule has 0 saturated carbocycles. The Morgan fingerprint density at radius 1 is 1.39 bits per heavy atom. The van der Waals surface area contributed by atoms with E-state index in [1.165, 1.54) is 0 Å². The minimum absolute atomic E-state index is 0.139. The third-order valence-corrected chi connectivity index (χ3v) is 4.21. The van der Waals surface area contributed by atoms with Crippen molar-refractivity contribution in [2.45, 2.75) is 33.2 Å². The number of piperazine rings is 1. The largest absolute Gasteiger partial charge is 0.478 e. The molecule has 2 N–H and O–H groups in total. The van der Waals surface area contributed by atoms with Crippen molar-refractivity contribution in [3.63, 3.8) is 0 Å². The molecule has 1 atom stereocenters. The van der Waals surface area contributed by atoms with Crippen LogP contribution in [0, 0.1) is 12.8 Å². The fourth-order valence-electron chi connectivity index (χ4n) is 3.17. The van der Waals surface area contributed by atoms with E-state index in [1.807, 2.05) is 11.8 Å². The van der Waals surface area contributed by atoms with Crippen molar-refractivity contribution in [1.29, 1.82) is 0 Å². The Labute approximate surface area is 137 Å². The van der Waals surface area contributed by atoms with E-state index >= 15 is 0 Å². The van der Waals surface area contributed by atoms with Crippen LogP contribution in [0.2, 0.25) is 0 Å². The second-order valence-corrected chi connectivity index (χ2v) is 6.63. The summed E-state index contributed by atoms with van der Waals surface area (Å²) >= 11 is 0. The minimum Gasteiger partial charge on any atom is -0.478 e. The highest BCUT2D eigenvalue weighted by atomic mass is 16.4. The zero-order chi connectivity index (χ0) is 17.0. The summed E-state index contributed by atoms with van der Waals surface area (Å²) in [5.74, 6) is 0.162. The van der Waals surface area contributed by atoms with Crippen LogP contribution in [0.4, 0.5) is 5.82 Å². The van der Waals surface area contributed by atoms with E-state index in [1.54, 1.807) is 12.1 Å². The standard InChI is InChI=1S/C17H27N3O3/c1-12(2)10-19-7-8-20(11-14(19)6-9-21)16-15(17(22)23)5-4-13(3)18-16/h4-5,12,14,21H,6-11H2,1-3H3,(H,22,23)/t14-/m0/s1. The molecule has 1 fully saturated rings. The van der Waals surface area contributed by atoms with Crippen LogP contribution in [0.1, 0.15) is 36.3 Å². The monoisotopic (exact) mass is 321 g/mol. The van der Waals surface area contributed by atoms with E-state index in [-0.39, 0.29) is 18.2 Å². The van der Waals surface area contributed by atoms with E-state index in [0.29, 0.717) is 24.7 Å². The molecule has 0 radical (unpaired) electrons.